The lowest BCUT2D eigenvalue weighted by Crippen LogP contribution is -2.46. The molecule has 5 heteroatoms. The van der Waals surface area contributed by atoms with E-state index in [2.05, 4.69) is 9.98 Å². The van der Waals surface area contributed by atoms with Crippen LogP contribution in [0.3, 0.4) is 0 Å². The van der Waals surface area contributed by atoms with Crippen LogP contribution < -0.4 is 0 Å². The summed E-state index contributed by atoms with van der Waals surface area (Å²) in [6.45, 7) is 0.558. The molecular weight excluding hydrogens is 240 g/mol. The molecule has 2 aliphatic heterocycles. The monoisotopic (exact) mass is 255 g/mol. The zero-order chi connectivity index (χ0) is 13.2. The third kappa shape index (κ3) is 2.20. The van der Waals surface area contributed by atoms with Gasteiger partial charge in [0.25, 0.3) is 0 Å². The second-order valence-corrected chi connectivity index (χ2v) is 4.51. The molecule has 1 atom stereocenters. The maximum absolute atomic E-state index is 10.2. The Hall–Kier alpha value is -2.27. The van der Waals surface area contributed by atoms with Crippen molar-refractivity contribution >= 4 is 23.8 Å². The summed E-state index contributed by atoms with van der Waals surface area (Å²) in [5.74, 6) is 0.706. The third-order valence-corrected chi connectivity index (χ3v) is 3.12. The molecule has 1 N–H and O–H groups in total. The zero-order valence-electron chi connectivity index (χ0n) is 10.6. The Morgan fingerprint density at radius 2 is 2.16 bits per heavy atom. The highest BCUT2D eigenvalue weighted by Crippen LogP contribution is 2.12. The molecule has 1 aromatic rings. The smallest absolute Gasteiger partial charge is 0.240 e. The highest BCUT2D eigenvalue weighted by Gasteiger charge is 2.37. The van der Waals surface area contributed by atoms with E-state index in [9.17, 15) is 5.21 Å². The Kier molecular flexibility index (Phi) is 2.97. The maximum Gasteiger partial charge on any atom is 0.333 e. The molecule has 19 heavy (non-hydrogen) atoms. The van der Waals surface area contributed by atoms with Crippen molar-refractivity contribution in [3.8, 4) is 0 Å². The SMILES string of the molecule is C[N+]1=C2C(=NC1)C=NC(/C=C/c1ccccc1)N2O. The van der Waals surface area contributed by atoms with Gasteiger partial charge >= 0.3 is 5.84 Å². The van der Waals surface area contributed by atoms with E-state index in [1.54, 1.807) is 6.21 Å². The molecule has 2 heterocycles. The Balaban J connectivity index is 1.84. The molecule has 0 fully saturated rings. The number of fused-ring (bicyclic) bond motifs is 1. The lowest BCUT2D eigenvalue weighted by molar-refractivity contribution is -0.498. The zero-order valence-corrected chi connectivity index (χ0v) is 10.6. The van der Waals surface area contributed by atoms with Gasteiger partial charge in [0.2, 0.25) is 6.17 Å². The van der Waals surface area contributed by atoms with Crippen molar-refractivity contribution in [3.63, 3.8) is 0 Å². The fourth-order valence-electron chi connectivity index (χ4n) is 2.13. The molecule has 2 aliphatic rings. The number of hydroxylamine groups is 2. The summed E-state index contributed by atoms with van der Waals surface area (Å²) in [5, 5.41) is 11.4. The Bertz CT molecular complexity index is 601. The van der Waals surface area contributed by atoms with Crippen LogP contribution in [0.2, 0.25) is 0 Å². The molecule has 0 aromatic heterocycles. The van der Waals surface area contributed by atoms with Crippen molar-refractivity contribution in [1.82, 2.24) is 5.06 Å². The van der Waals surface area contributed by atoms with E-state index >= 15 is 0 Å². The van der Waals surface area contributed by atoms with Crippen LogP contribution in [0.15, 0.2) is 46.4 Å². The van der Waals surface area contributed by atoms with Gasteiger partial charge in [0, 0.05) is 0 Å². The van der Waals surface area contributed by atoms with E-state index < -0.39 is 6.17 Å². The number of hydrogen-bond acceptors (Lipinski definition) is 4. The Morgan fingerprint density at radius 3 is 2.95 bits per heavy atom. The minimum Gasteiger partial charge on any atom is -0.240 e. The van der Waals surface area contributed by atoms with Crippen molar-refractivity contribution in [1.29, 1.82) is 0 Å². The van der Waals surface area contributed by atoms with E-state index in [1.165, 1.54) is 0 Å². The number of nitrogens with zero attached hydrogens (tertiary/aromatic N) is 4. The minimum absolute atomic E-state index is 0.408. The summed E-state index contributed by atoms with van der Waals surface area (Å²) >= 11 is 0. The standard InChI is InChI=1S/C14H15N4O/c1-17-10-16-12-9-15-13(18(19)14(12)17)8-7-11-5-3-2-4-6-11/h2-9,13,19H,10H2,1H3/q+1/b8-7+. The topological polar surface area (TPSA) is 51.2 Å². The van der Waals surface area contributed by atoms with Gasteiger partial charge in [-0.15, -0.1) is 0 Å². The average molecular weight is 255 g/mol. The fourth-order valence-corrected chi connectivity index (χ4v) is 2.13. The first-order chi connectivity index (χ1) is 9.25. The molecule has 0 aliphatic carbocycles. The van der Waals surface area contributed by atoms with Gasteiger partial charge in [-0.3, -0.25) is 0 Å². The number of hydrogen-bond donors (Lipinski definition) is 1. The van der Waals surface area contributed by atoms with Crippen molar-refractivity contribution in [2.45, 2.75) is 6.17 Å². The van der Waals surface area contributed by atoms with E-state index in [-0.39, 0.29) is 0 Å². The molecule has 0 bridgehead atoms. The molecule has 1 aromatic carbocycles. The highest BCUT2D eigenvalue weighted by atomic mass is 16.5. The van der Waals surface area contributed by atoms with E-state index in [0.717, 1.165) is 16.3 Å². The van der Waals surface area contributed by atoms with Gasteiger partial charge in [0.15, 0.2) is 12.4 Å². The fraction of sp³-hybridized carbons (Fsp3) is 0.214. The van der Waals surface area contributed by atoms with E-state index in [0.29, 0.717) is 12.5 Å². The summed E-state index contributed by atoms with van der Waals surface area (Å²) in [5.41, 5.74) is 1.81. The van der Waals surface area contributed by atoms with Crippen molar-refractivity contribution in [2.24, 2.45) is 9.98 Å². The quantitative estimate of drug-likeness (QED) is 0.809. The van der Waals surface area contributed by atoms with Crippen LogP contribution in [-0.4, -0.2) is 52.5 Å². The molecule has 0 saturated carbocycles. The molecule has 3 rings (SSSR count). The molecule has 0 amide bonds. The first kappa shape index (κ1) is 11.8. The normalized spacial score (nSPS) is 22.1. The van der Waals surface area contributed by atoms with Gasteiger partial charge in [0.05, 0.1) is 13.3 Å². The molecule has 5 nitrogen and oxygen atoms in total. The van der Waals surface area contributed by atoms with Crippen LogP contribution in [0.1, 0.15) is 5.56 Å². The van der Waals surface area contributed by atoms with Crippen LogP contribution in [0, 0.1) is 0 Å². The number of amidine groups is 1. The van der Waals surface area contributed by atoms with Gasteiger partial charge in [0.1, 0.15) is 0 Å². The lowest BCUT2D eigenvalue weighted by Gasteiger charge is -2.18. The van der Waals surface area contributed by atoms with E-state index in [4.69, 9.17) is 0 Å². The van der Waals surface area contributed by atoms with Crippen molar-refractivity contribution in [3.05, 3.63) is 42.0 Å². The molecule has 0 saturated heterocycles. The van der Waals surface area contributed by atoms with Gasteiger partial charge in [-0.25, -0.2) is 19.8 Å². The van der Waals surface area contributed by atoms with Crippen LogP contribution in [0.25, 0.3) is 6.08 Å². The third-order valence-electron chi connectivity index (χ3n) is 3.12. The summed E-state index contributed by atoms with van der Waals surface area (Å²) in [6, 6.07) is 9.94. The largest absolute Gasteiger partial charge is 0.333 e. The van der Waals surface area contributed by atoms with Gasteiger partial charge in [-0.05, 0) is 11.6 Å². The highest BCUT2D eigenvalue weighted by molar-refractivity contribution is 6.61. The van der Waals surface area contributed by atoms with Crippen LogP contribution in [0.4, 0.5) is 0 Å². The van der Waals surface area contributed by atoms with Crippen LogP contribution in [0.5, 0.6) is 0 Å². The summed E-state index contributed by atoms with van der Waals surface area (Å²) < 4.78 is 1.89. The maximum atomic E-state index is 10.2. The predicted molar refractivity (Wildman–Crippen MR) is 74.9 cm³/mol. The lowest BCUT2D eigenvalue weighted by atomic mass is 10.2. The molecule has 1 unspecified atom stereocenters. The second-order valence-electron chi connectivity index (χ2n) is 4.51. The number of aliphatic imine (C=N–C) groups is 2. The summed E-state index contributed by atoms with van der Waals surface area (Å²) in [4.78, 5) is 8.56. The molecule has 0 radical (unpaired) electrons. The first-order valence-electron chi connectivity index (χ1n) is 6.13. The van der Waals surface area contributed by atoms with Gasteiger partial charge < -0.3 is 0 Å². The van der Waals surface area contributed by atoms with E-state index in [1.807, 2.05) is 54.1 Å². The first-order valence-corrected chi connectivity index (χ1v) is 6.13. The van der Waals surface area contributed by atoms with Crippen molar-refractivity contribution < 1.29 is 9.78 Å². The molecular formula is C14H15N4O+. The van der Waals surface area contributed by atoms with Crippen LogP contribution >= 0.6 is 0 Å². The van der Waals surface area contributed by atoms with Crippen LogP contribution in [-0.2, 0) is 0 Å². The number of rotatable bonds is 2. The molecule has 0 spiro atoms. The van der Waals surface area contributed by atoms with Gasteiger partial charge in [-0.1, -0.05) is 41.5 Å². The Labute approximate surface area is 111 Å². The van der Waals surface area contributed by atoms with Gasteiger partial charge in [-0.2, -0.15) is 0 Å². The Morgan fingerprint density at radius 1 is 1.37 bits per heavy atom. The summed E-state index contributed by atoms with van der Waals surface area (Å²) in [7, 11) is 1.90. The summed E-state index contributed by atoms with van der Waals surface area (Å²) in [6.07, 6.45) is 5.12. The predicted octanol–water partition coefficient (Wildman–Crippen LogP) is 1.25. The second kappa shape index (κ2) is 4.78. The van der Waals surface area contributed by atoms with Crippen molar-refractivity contribution in [2.75, 3.05) is 13.7 Å². The average Bonchev–Trinajstić information content (AvgIpc) is 2.82. The number of benzene rings is 1. The minimum atomic E-state index is -0.408. The molecule has 96 valence electrons.